The predicted octanol–water partition coefficient (Wildman–Crippen LogP) is 2.68. The zero-order valence-electron chi connectivity index (χ0n) is 15.7. The van der Waals surface area contributed by atoms with Crippen LogP contribution in [0, 0.1) is 19.8 Å². The number of aromatic nitrogens is 2. The standard InChI is InChI=1S/C17H24N4O4S2/c1-12(2)9-10-26(22,23)20-15-5-7-16(8-6-15)27(24,25)21-17-18-13(3)11-14(4)19-17/h5-8,11-12,20H,9-10H2,1-4H3,(H,18,19,21). The molecule has 10 heteroatoms. The first kappa shape index (κ1) is 21.1. The number of anilines is 2. The highest BCUT2D eigenvalue weighted by Crippen LogP contribution is 2.18. The number of nitrogens with zero attached hydrogens (tertiary/aromatic N) is 2. The van der Waals surface area contributed by atoms with Crippen LogP contribution in [0.5, 0.6) is 0 Å². The Labute approximate surface area is 160 Å². The fourth-order valence-corrected chi connectivity index (χ4v) is 4.60. The molecule has 0 atom stereocenters. The number of rotatable bonds is 8. The maximum atomic E-state index is 12.5. The summed E-state index contributed by atoms with van der Waals surface area (Å²) < 4.78 is 53.8. The molecule has 0 saturated carbocycles. The van der Waals surface area contributed by atoms with Crippen LogP contribution in [0.25, 0.3) is 0 Å². The molecule has 0 amide bonds. The van der Waals surface area contributed by atoms with Crippen molar-refractivity contribution in [2.45, 2.75) is 39.0 Å². The van der Waals surface area contributed by atoms with Gasteiger partial charge in [0.25, 0.3) is 10.0 Å². The molecule has 2 rings (SSSR count). The van der Waals surface area contributed by atoms with Gasteiger partial charge in [-0.15, -0.1) is 0 Å². The third-order valence-corrected chi connectivity index (χ3v) is 6.27. The lowest BCUT2D eigenvalue weighted by atomic mass is 10.2. The van der Waals surface area contributed by atoms with Crippen LogP contribution in [0.1, 0.15) is 31.7 Å². The van der Waals surface area contributed by atoms with Crippen molar-refractivity contribution in [1.29, 1.82) is 0 Å². The third kappa shape index (κ3) is 6.47. The van der Waals surface area contributed by atoms with Crippen LogP contribution < -0.4 is 9.44 Å². The Balaban J connectivity index is 2.13. The van der Waals surface area contributed by atoms with Crippen molar-refractivity contribution in [2.24, 2.45) is 5.92 Å². The molecular weight excluding hydrogens is 388 g/mol. The van der Waals surface area contributed by atoms with Crippen molar-refractivity contribution >= 4 is 31.7 Å². The van der Waals surface area contributed by atoms with Gasteiger partial charge in [0, 0.05) is 17.1 Å². The molecule has 0 aliphatic rings. The van der Waals surface area contributed by atoms with Crippen molar-refractivity contribution in [3.05, 3.63) is 41.7 Å². The van der Waals surface area contributed by atoms with E-state index in [-0.39, 0.29) is 22.5 Å². The zero-order valence-corrected chi connectivity index (χ0v) is 17.4. The smallest absolute Gasteiger partial charge is 0.264 e. The van der Waals surface area contributed by atoms with Crippen LogP contribution in [-0.4, -0.2) is 32.6 Å². The lowest BCUT2D eigenvalue weighted by molar-refractivity contribution is 0.578. The van der Waals surface area contributed by atoms with E-state index < -0.39 is 20.0 Å². The number of aryl methyl sites for hydroxylation is 2. The van der Waals surface area contributed by atoms with E-state index in [0.717, 1.165) is 0 Å². The van der Waals surface area contributed by atoms with E-state index in [4.69, 9.17) is 0 Å². The number of hydrogen-bond acceptors (Lipinski definition) is 6. The monoisotopic (exact) mass is 412 g/mol. The average Bonchev–Trinajstić information content (AvgIpc) is 2.52. The molecule has 0 spiro atoms. The number of hydrogen-bond donors (Lipinski definition) is 2. The minimum absolute atomic E-state index is 0.00837. The Hall–Kier alpha value is -2.20. The van der Waals surface area contributed by atoms with E-state index in [1.54, 1.807) is 19.9 Å². The summed E-state index contributed by atoms with van der Waals surface area (Å²) in [7, 11) is -7.35. The molecule has 0 aliphatic heterocycles. The Bertz CT molecular complexity index is 981. The van der Waals surface area contributed by atoms with Gasteiger partial charge in [-0.2, -0.15) is 0 Å². The topological polar surface area (TPSA) is 118 Å². The van der Waals surface area contributed by atoms with E-state index in [9.17, 15) is 16.8 Å². The highest BCUT2D eigenvalue weighted by atomic mass is 32.2. The summed E-state index contributed by atoms with van der Waals surface area (Å²) in [5, 5.41) is 0. The molecule has 0 unspecified atom stereocenters. The van der Waals surface area contributed by atoms with Gasteiger partial charge in [0.1, 0.15) is 0 Å². The van der Waals surface area contributed by atoms with Gasteiger partial charge in [-0.05, 0) is 56.5 Å². The molecule has 2 aromatic rings. The average molecular weight is 413 g/mol. The first-order chi connectivity index (χ1) is 12.5. The molecule has 1 heterocycles. The molecule has 0 saturated heterocycles. The normalized spacial score (nSPS) is 12.2. The van der Waals surface area contributed by atoms with Crippen molar-refractivity contribution in [3.8, 4) is 0 Å². The van der Waals surface area contributed by atoms with E-state index in [0.29, 0.717) is 23.5 Å². The van der Waals surface area contributed by atoms with Gasteiger partial charge in [0.05, 0.1) is 10.6 Å². The molecule has 27 heavy (non-hydrogen) atoms. The minimum Gasteiger partial charge on any atom is -0.284 e. The molecule has 0 fully saturated rings. The summed E-state index contributed by atoms with van der Waals surface area (Å²) in [4.78, 5) is 8.09. The van der Waals surface area contributed by atoms with Crippen LogP contribution in [0.15, 0.2) is 35.2 Å². The van der Waals surface area contributed by atoms with Crippen molar-refractivity contribution < 1.29 is 16.8 Å². The van der Waals surface area contributed by atoms with Crippen LogP contribution >= 0.6 is 0 Å². The van der Waals surface area contributed by atoms with Crippen LogP contribution in [-0.2, 0) is 20.0 Å². The highest BCUT2D eigenvalue weighted by molar-refractivity contribution is 7.93. The molecule has 8 nitrogen and oxygen atoms in total. The largest absolute Gasteiger partial charge is 0.284 e. The van der Waals surface area contributed by atoms with Gasteiger partial charge < -0.3 is 0 Å². The van der Waals surface area contributed by atoms with Gasteiger partial charge in [-0.25, -0.2) is 31.5 Å². The zero-order chi connectivity index (χ0) is 20.2. The second-order valence-electron chi connectivity index (χ2n) is 6.71. The van der Waals surface area contributed by atoms with E-state index in [2.05, 4.69) is 19.4 Å². The predicted molar refractivity (Wildman–Crippen MR) is 106 cm³/mol. The summed E-state index contributed by atoms with van der Waals surface area (Å²) in [5.41, 5.74) is 1.60. The summed E-state index contributed by atoms with van der Waals surface area (Å²) in [6.45, 7) is 7.38. The molecule has 2 N–H and O–H groups in total. The summed E-state index contributed by atoms with van der Waals surface area (Å²) >= 11 is 0. The molecular formula is C17H24N4O4S2. The van der Waals surface area contributed by atoms with Crippen molar-refractivity contribution in [1.82, 2.24) is 9.97 Å². The summed E-state index contributed by atoms with van der Waals surface area (Å²) in [5.74, 6) is 0.273. The third-order valence-electron chi connectivity index (χ3n) is 3.61. The van der Waals surface area contributed by atoms with Crippen molar-refractivity contribution in [3.63, 3.8) is 0 Å². The van der Waals surface area contributed by atoms with Gasteiger partial charge in [0.15, 0.2) is 0 Å². The number of sulfonamides is 2. The maximum absolute atomic E-state index is 12.5. The molecule has 0 bridgehead atoms. The van der Waals surface area contributed by atoms with E-state index in [1.165, 1.54) is 24.3 Å². The SMILES string of the molecule is Cc1cc(C)nc(NS(=O)(=O)c2ccc(NS(=O)(=O)CCC(C)C)cc2)n1. The fraction of sp³-hybridized carbons (Fsp3) is 0.412. The molecule has 1 aromatic carbocycles. The fourth-order valence-electron chi connectivity index (χ4n) is 2.27. The second kappa shape index (κ2) is 8.22. The van der Waals surface area contributed by atoms with E-state index in [1.807, 2.05) is 13.8 Å². The molecule has 148 valence electrons. The molecule has 1 aromatic heterocycles. The van der Waals surface area contributed by atoms with Gasteiger partial charge >= 0.3 is 0 Å². The van der Waals surface area contributed by atoms with Crippen LogP contribution in [0.3, 0.4) is 0 Å². The first-order valence-corrected chi connectivity index (χ1v) is 11.6. The molecule has 0 radical (unpaired) electrons. The van der Waals surface area contributed by atoms with Crippen molar-refractivity contribution in [2.75, 3.05) is 15.2 Å². The Kier molecular flexibility index (Phi) is 6.42. The number of nitrogens with one attached hydrogen (secondary N) is 2. The maximum Gasteiger partial charge on any atom is 0.264 e. The van der Waals surface area contributed by atoms with E-state index >= 15 is 0 Å². The summed E-state index contributed by atoms with van der Waals surface area (Å²) in [6, 6.07) is 7.20. The Morgan fingerprint density at radius 1 is 0.926 bits per heavy atom. The quantitative estimate of drug-likeness (QED) is 0.688. The molecule has 0 aliphatic carbocycles. The lowest BCUT2D eigenvalue weighted by Crippen LogP contribution is -2.18. The van der Waals surface area contributed by atoms with Crippen LogP contribution in [0.2, 0.25) is 0 Å². The van der Waals surface area contributed by atoms with Gasteiger partial charge in [-0.1, -0.05) is 13.8 Å². The van der Waals surface area contributed by atoms with Gasteiger partial charge in [-0.3, -0.25) is 4.72 Å². The lowest BCUT2D eigenvalue weighted by Gasteiger charge is -2.11. The minimum atomic E-state index is -3.88. The Morgan fingerprint density at radius 3 is 2.00 bits per heavy atom. The van der Waals surface area contributed by atoms with Crippen LogP contribution in [0.4, 0.5) is 11.6 Å². The summed E-state index contributed by atoms with van der Waals surface area (Å²) in [6.07, 6.45) is 0.543. The van der Waals surface area contributed by atoms with Gasteiger partial charge in [0.2, 0.25) is 16.0 Å². The second-order valence-corrected chi connectivity index (χ2v) is 10.2. The highest BCUT2D eigenvalue weighted by Gasteiger charge is 2.17. The first-order valence-electron chi connectivity index (χ1n) is 8.42. The number of benzene rings is 1. The Morgan fingerprint density at radius 2 is 1.48 bits per heavy atom.